The van der Waals surface area contributed by atoms with E-state index in [2.05, 4.69) is 10.6 Å². The highest BCUT2D eigenvalue weighted by Crippen LogP contribution is 2.26. The van der Waals surface area contributed by atoms with Crippen molar-refractivity contribution in [1.82, 2.24) is 0 Å². The second-order valence-electron chi connectivity index (χ2n) is 7.44. The van der Waals surface area contributed by atoms with Crippen LogP contribution >= 0.6 is 23.2 Å². The topological polar surface area (TPSA) is 91.2 Å². The molecule has 2 amide bonds. The summed E-state index contributed by atoms with van der Waals surface area (Å²) < 4.78 is 5.64. The fourth-order valence-corrected chi connectivity index (χ4v) is 3.47. The largest absolute Gasteiger partial charge is 0.483 e. The molecule has 3 rings (SSSR count). The van der Waals surface area contributed by atoms with Crippen molar-refractivity contribution >= 4 is 52.5 Å². The van der Waals surface area contributed by atoms with Crippen LogP contribution in [0, 0.1) is 25.2 Å². The molecule has 0 aliphatic carbocycles. The molecule has 3 aromatic carbocycles. The molecule has 0 unspecified atom stereocenters. The molecule has 0 saturated carbocycles. The lowest BCUT2D eigenvalue weighted by Crippen LogP contribution is -2.20. The summed E-state index contributed by atoms with van der Waals surface area (Å²) in [4.78, 5) is 25.0. The molecule has 0 aromatic heterocycles. The molecule has 34 heavy (non-hydrogen) atoms. The standard InChI is InChI=1S/C26H21Cl2N3O3/c1-16-7-9-22(17(2)11-16)31-26(33)19(14-29)12-18-13-20(27)8-10-24(18)34-15-25(32)30-23-6-4-3-5-21(23)28/h3-13H,15H2,1-2H3,(H,30,32)(H,31,33)/b19-12+. The number of ether oxygens (including phenoxy) is 1. The van der Waals surface area contributed by atoms with Gasteiger partial charge in [-0.3, -0.25) is 9.59 Å². The summed E-state index contributed by atoms with van der Waals surface area (Å²) in [7, 11) is 0. The van der Waals surface area contributed by atoms with E-state index in [9.17, 15) is 14.9 Å². The smallest absolute Gasteiger partial charge is 0.266 e. The van der Waals surface area contributed by atoms with Crippen molar-refractivity contribution < 1.29 is 14.3 Å². The Kier molecular flexibility index (Phi) is 8.31. The number of nitrogens with one attached hydrogen (secondary N) is 2. The van der Waals surface area contributed by atoms with Crippen LogP contribution in [0.5, 0.6) is 5.75 Å². The van der Waals surface area contributed by atoms with Gasteiger partial charge in [0.25, 0.3) is 11.8 Å². The molecular weight excluding hydrogens is 473 g/mol. The van der Waals surface area contributed by atoms with Gasteiger partial charge in [0.2, 0.25) is 0 Å². The van der Waals surface area contributed by atoms with E-state index >= 15 is 0 Å². The third-order valence-electron chi connectivity index (χ3n) is 4.77. The fourth-order valence-electron chi connectivity index (χ4n) is 3.10. The van der Waals surface area contributed by atoms with Crippen LogP contribution < -0.4 is 15.4 Å². The Labute approximate surface area is 207 Å². The van der Waals surface area contributed by atoms with E-state index in [1.807, 2.05) is 32.0 Å². The second kappa shape index (κ2) is 11.4. The third kappa shape index (κ3) is 6.61. The highest BCUT2D eigenvalue weighted by molar-refractivity contribution is 6.33. The van der Waals surface area contributed by atoms with E-state index in [-0.39, 0.29) is 17.9 Å². The van der Waals surface area contributed by atoms with Gasteiger partial charge in [0, 0.05) is 16.3 Å². The maximum absolute atomic E-state index is 12.7. The minimum Gasteiger partial charge on any atom is -0.483 e. The number of benzene rings is 3. The third-order valence-corrected chi connectivity index (χ3v) is 5.34. The van der Waals surface area contributed by atoms with Crippen LogP contribution in [0.25, 0.3) is 6.08 Å². The van der Waals surface area contributed by atoms with Gasteiger partial charge in [-0.25, -0.2) is 0 Å². The molecule has 0 atom stereocenters. The predicted molar refractivity (Wildman–Crippen MR) is 135 cm³/mol. The normalized spacial score (nSPS) is 10.9. The SMILES string of the molecule is Cc1ccc(NC(=O)/C(C#N)=C/c2cc(Cl)ccc2OCC(=O)Nc2ccccc2Cl)c(C)c1. The zero-order valence-electron chi connectivity index (χ0n) is 18.5. The minimum absolute atomic E-state index is 0.146. The summed E-state index contributed by atoms with van der Waals surface area (Å²) in [6.45, 7) is 3.51. The molecule has 0 radical (unpaired) electrons. The van der Waals surface area contributed by atoms with E-state index in [1.165, 1.54) is 6.08 Å². The molecule has 0 fully saturated rings. The quantitative estimate of drug-likeness (QED) is 0.304. The average Bonchev–Trinajstić information content (AvgIpc) is 2.80. The molecular formula is C26H21Cl2N3O3. The highest BCUT2D eigenvalue weighted by atomic mass is 35.5. The highest BCUT2D eigenvalue weighted by Gasteiger charge is 2.14. The van der Waals surface area contributed by atoms with Crippen molar-refractivity contribution in [2.75, 3.05) is 17.2 Å². The zero-order valence-corrected chi connectivity index (χ0v) is 20.0. The molecule has 0 saturated heterocycles. The maximum Gasteiger partial charge on any atom is 0.266 e. The summed E-state index contributed by atoms with van der Waals surface area (Å²) in [5.74, 6) is -0.714. The van der Waals surface area contributed by atoms with Crippen molar-refractivity contribution in [3.8, 4) is 11.8 Å². The number of hydrogen-bond acceptors (Lipinski definition) is 4. The monoisotopic (exact) mass is 493 g/mol. The molecule has 6 nitrogen and oxygen atoms in total. The van der Waals surface area contributed by atoms with E-state index in [1.54, 1.807) is 48.5 Å². The first-order chi connectivity index (χ1) is 16.3. The van der Waals surface area contributed by atoms with Gasteiger partial charge in [0.15, 0.2) is 6.61 Å². The van der Waals surface area contributed by atoms with Gasteiger partial charge < -0.3 is 15.4 Å². The number of anilines is 2. The number of aryl methyl sites for hydroxylation is 2. The lowest BCUT2D eigenvalue weighted by Gasteiger charge is -2.12. The lowest BCUT2D eigenvalue weighted by atomic mass is 10.1. The van der Waals surface area contributed by atoms with Crippen LogP contribution in [-0.2, 0) is 9.59 Å². The number of nitriles is 1. The van der Waals surface area contributed by atoms with E-state index in [0.717, 1.165) is 11.1 Å². The van der Waals surface area contributed by atoms with Gasteiger partial charge >= 0.3 is 0 Å². The number of para-hydroxylation sites is 1. The number of rotatable bonds is 7. The van der Waals surface area contributed by atoms with Crippen LogP contribution in [0.3, 0.4) is 0 Å². The number of halogens is 2. The summed E-state index contributed by atoms with van der Waals surface area (Å²) in [5, 5.41) is 15.8. The van der Waals surface area contributed by atoms with Gasteiger partial charge in [-0.1, -0.05) is 53.0 Å². The van der Waals surface area contributed by atoms with Gasteiger partial charge in [0.1, 0.15) is 17.4 Å². The molecule has 8 heteroatoms. The number of amides is 2. The maximum atomic E-state index is 12.7. The molecule has 0 aliphatic heterocycles. The number of hydrogen-bond donors (Lipinski definition) is 2. The molecule has 2 N–H and O–H groups in total. The Balaban J connectivity index is 1.77. The van der Waals surface area contributed by atoms with E-state index in [4.69, 9.17) is 27.9 Å². The van der Waals surface area contributed by atoms with Crippen LogP contribution in [0.15, 0.2) is 66.2 Å². The average molecular weight is 494 g/mol. The van der Waals surface area contributed by atoms with Crippen molar-refractivity contribution in [1.29, 1.82) is 5.26 Å². The second-order valence-corrected chi connectivity index (χ2v) is 8.28. The van der Waals surface area contributed by atoms with Crippen LogP contribution in [0.1, 0.15) is 16.7 Å². The molecule has 172 valence electrons. The van der Waals surface area contributed by atoms with Crippen molar-refractivity contribution in [2.45, 2.75) is 13.8 Å². The fraction of sp³-hybridized carbons (Fsp3) is 0.115. The first-order valence-corrected chi connectivity index (χ1v) is 11.0. The Hall–Kier alpha value is -3.79. The van der Waals surface area contributed by atoms with Crippen molar-refractivity contribution in [3.63, 3.8) is 0 Å². The lowest BCUT2D eigenvalue weighted by molar-refractivity contribution is -0.118. The van der Waals surface area contributed by atoms with E-state index in [0.29, 0.717) is 27.0 Å². The number of nitrogens with zero attached hydrogens (tertiary/aromatic N) is 1. The molecule has 0 bridgehead atoms. The summed E-state index contributed by atoms with van der Waals surface area (Å²) >= 11 is 12.2. The van der Waals surface area contributed by atoms with Gasteiger partial charge in [-0.15, -0.1) is 0 Å². The summed E-state index contributed by atoms with van der Waals surface area (Å²) in [5.41, 5.74) is 3.24. The molecule has 0 aliphatic rings. The Morgan fingerprint density at radius 1 is 1.00 bits per heavy atom. The number of carbonyl (C=O) groups excluding carboxylic acids is 2. The van der Waals surface area contributed by atoms with Gasteiger partial charge in [-0.05, 0) is 61.9 Å². The minimum atomic E-state index is -0.572. The zero-order chi connectivity index (χ0) is 24.7. The van der Waals surface area contributed by atoms with Gasteiger partial charge in [0.05, 0.1) is 10.7 Å². The molecule has 0 spiro atoms. The van der Waals surface area contributed by atoms with Gasteiger partial charge in [-0.2, -0.15) is 5.26 Å². The Bertz CT molecular complexity index is 1310. The summed E-state index contributed by atoms with van der Waals surface area (Å²) in [6, 6.07) is 19.0. The molecule has 0 heterocycles. The van der Waals surface area contributed by atoms with Crippen LogP contribution in [0.4, 0.5) is 11.4 Å². The predicted octanol–water partition coefficient (Wildman–Crippen LogP) is 6.17. The number of carbonyl (C=O) groups is 2. The first kappa shape index (κ1) is 24.8. The van der Waals surface area contributed by atoms with Crippen molar-refractivity contribution in [2.24, 2.45) is 0 Å². The van der Waals surface area contributed by atoms with Crippen LogP contribution in [0.2, 0.25) is 10.0 Å². The molecule has 3 aromatic rings. The summed E-state index contributed by atoms with van der Waals surface area (Å²) in [6.07, 6.45) is 1.37. The van der Waals surface area contributed by atoms with E-state index < -0.39 is 11.8 Å². The Morgan fingerprint density at radius 3 is 2.47 bits per heavy atom. The van der Waals surface area contributed by atoms with Crippen molar-refractivity contribution in [3.05, 3.63) is 93.0 Å². The Morgan fingerprint density at radius 2 is 1.76 bits per heavy atom. The first-order valence-electron chi connectivity index (χ1n) is 10.2. The van der Waals surface area contributed by atoms with Crippen LogP contribution in [-0.4, -0.2) is 18.4 Å².